The third-order valence-electron chi connectivity index (χ3n) is 4.11. The summed E-state index contributed by atoms with van der Waals surface area (Å²) in [6, 6.07) is 4.64. The Morgan fingerprint density at radius 3 is 3.11 bits per heavy atom. The summed E-state index contributed by atoms with van der Waals surface area (Å²) < 4.78 is 19.5. The molecule has 2 N–H and O–H groups in total. The summed E-state index contributed by atoms with van der Waals surface area (Å²) >= 11 is 1.93. The predicted molar refractivity (Wildman–Crippen MR) is 72.5 cm³/mol. The van der Waals surface area contributed by atoms with E-state index < -0.39 is 0 Å². The Morgan fingerprint density at radius 2 is 2.33 bits per heavy atom. The molecule has 2 nitrogen and oxygen atoms in total. The van der Waals surface area contributed by atoms with Crippen molar-refractivity contribution in [3.8, 4) is 5.75 Å². The molecule has 1 aromatic rings. The van der Waals surface area contributed by atoms with Gasteiger partial charge in [0.15, 0.2) is 0 Å². The SMILES string of the molecule is CC1SCCCC12C[C@@H](N)c1ccc(F)cc1O2. The molecule has 1 aromatic carbocycles. The van der Waals surface area contributed by atoms with E-state index in [9.17, 15) is 4.39 Å². The van der Waals surface area contributed by atoms with E-state index in [-0.39, 0.29) is 17.5 Å². The van der Waals surface area contributed by atoms with Crippen molar-refractivity contribution in [1.82, 2.24) is 0 Å². The Bertz CT molecular complexity index is 467. The highest BCUT2D eigenvalue weighted by Crippen LogP contribution is 2.47. The normalized spacial score (nSPS) is 35.1. The topological polar surface area (TPSA) is 35.2 Å². The van der Waals surface area contributed by atoms with Crippen LogP contribution in [0.25, 0.3) is 0 Å². The van der Waals surface area contributed by atoms with Crippen molar-refractivity contribution in [2.24, 2.45) is 5.73 Å². The van der Waals surface area contributed by atoms with Gasteiger partial charge < -0.3 is 10.5 Å². The fourth-order valence-electron chi connectivity index (χ4n) is 3.03. The van der Waals surface area contributed by atoms with Gasteiger partial charge in [-0.3, -0.25) is 0 Å². The lowest BCUT2D eigenvalue weighted by molar-refractivity contribution is 0.0252. The summed E-state index contributed by atoms with van der Waals surface area (Å²) in [4.78, 5) is 0. The summed E-state index contributed by atoms with van der Waals surface area (Å²) in [7, 11) is 0. The maximum Gasteiger partial charge on any atom is 0.127 e. The van der Waals surface area contributed by atoms with Gasteiger partial charge >= 0.3 is 0 Å². The van der Waals surface area contributed by atoms with Crippen LogP contribution in [0.5, 0.6) is 5.75 Å². The molecule has 4 heteroatoms. The summed E-state index contributed by atoms with van der Waals surface area (Å²) in [6.45, 7) is 2.20. The van der Waals surface area contributed by atoms with E-state index >= 15 is 0 Å². The molecule has 1 fully saturated rings. The number of hydrogen-bond acceptors (Lipinski definition) is 3. The second kappa shape index (κ2) is 4.42. The highest BCUT2D eigenvalue weighted by atomic mass is 32.2. The van der Waals surface area contributed by atoms with Crippen LogP contribution in [0.3, 0.4) is 0 Å². The molecule has 3 rings (SSSR count). The number of benzene rings is 1. The van der Waals surface area contributed by atoms with Crippen molar-refractivity contribution in [2.75, 3.05) is 5.75 Å². The van der Waals surface area contributed by atoms with Crippen LogP contribution in [-0.4, -0.2) is 16.6 Å². The molecule has 1 spiro atoms. The van der Waals surface area contributed by atoms with Crippen molar-refractivity contribution in [3.63, 3.8) is 0 Å². The molecule has 2 unspecified atom stereocenters. The molecule has 1 saturated heterocycles. The third-order valence-corrected chi connectivity index (χ3v) is 5.56. The first-order valence-corrected chi connectivity index (χ1v) is 7.51. The van der Waals surface area contributed by atoms with Gasteiger partial charge in [0.1, 0.15) is 17.2 Å². The van der Waals surface area contributed by atoms with E-state index in [1.54, 1.807) is 6.07 Å². The van der Waals surface area contributed by atoms with E-state index in [1.165, 1.54) is 17.9 Å². The lowest BCUT2D eigenvalue weighted by Gasteiger charge is -2.47. The molecule has 2 aliphatic heterocycles. The van der Waals surface area contributed by atoms with Gasteiger partial charge in [-0.25, -0.2) is 4.39 Å². The molecule has 2 aliphatic rings. The molecule has 0 amide bonds. The summed E-state index contributed by atoms with van der Waals surface area (Å²) in [5, 5.41) is 0.411. The zero-order valence-corrected chi connectivity index (χ0v) is 11.3. The molecule has 0 bridgehead atoms. The van der Waals surface area contributed by atoms with E-state index in [2.05, 4.69) is 6.92 Å². The van der Waals surface area contributed by atoms with Gasteiger partial charge in [0.2, 0.25) is 0 Å². The predicted octanol–water partition coefficient (Wildman–Crippen LogP) is 3.26. The summed E-state index contributed by atoms with van der Waals surface area (Å²) in [5.41, 5.74) is 6.98. The fraction of sp³-hybridized carbons (Fsp3) is 0.571. The van der Waals surface area contributed by atoms with Crippen LogP contribution >= 0.6 is 11.8 Å². The van der Waals surface area contributed by atoms with Crippen molar-refractivity contribution in [1.29, 1.82) is 0 Å². The van der Waals surface area contributed by atoms with Crippen LogP contribution in [-0.2, 0) is 0 Å². The van der Waals surface area contributed by atoms with Crippen molar-refractivity contribution in [3.05, 3.63) is 29.6 Å². The molecule has 18 heavy (non-hydrogen) atoms. The maximum absolute atomic E-state index is 13.3. The molecular formula is C14H18FNOS. The fourth-order valence-corrected chi connectivity index (χ4v) is 4.26. The molecule has 2 heterocycles. The van der Waals surface area contributed by atoms with Gasteiger partial charge in [-0.05, 0) is 31.6 Å². The molecule has 0 saturated carbocycles. The minimum atomic E-state index is -0.255. The smallest absolute Gasteiger partial charge is 0.127 e. The third kappa shape index (κ3) is 1.91. The Balaban J connectivity index is 1.99. The van der Waals surface area contributed by atoms with Crippen LogP contribution in [0.1, 0.15) is 37.8 Å². The van der Waals surface area contributed by atoms with Crippen molar-refractivity contribution in [2.45, 2.75) is 43.1 Å². The van der Waals surface area contributed by atoms with Gasteiger partial charge in [-0.2, -0.15) is 11.8 Å². The quantitative estimate of drug-likeness (QED) is 0.783. The van der Waals surface area contributed by atoms with Gasteiger partial charge in [-0.15, -0.1) is 0 Å². The second-order valence-corrected chi connectivity index (χ2v) is 6.72. The largest absolute Gasteiger partial charge is 0.486 e. The Labute approximate surface area is 111 Å². The minimum absolute atomic E-state index is 0.0458. The van der Waals surface area contributed by atoms with E-state index in [4.69, 9.17) is 10.5 Å². The number of rotatable bonds is 0. The first-order chi connectivity index (χ1) is 8.61. The number of ether oxygens (including phenoxy) is 1. The lowest BCUT2D eigenvalue weighted by Crippen LogP contribution is -2.51. The van der Waals surface area contributed by atoms with Crippen LogP contribution in [0.4, 0.5) is 4.39 Å². The van der Waals surface area contributed by atoms with Crippen LogP contribution in [0.15, 0.2) is 18.2 Å². The van der Waals surface area contributed by atoms with Gasteiger partial charge in [0.25, 0.3) is 0 Å². The average molecular weight is 267 g/mol. The Morgan fingerprint density at radius 1 is 1.50 bits per heavy atom. The molecule has 3 atom stereocenters. The first kappa shape index (κ1) is 12.3. The number of hydrogen-bond donors (Lipinski definition) is 1. The van der Waals surface area contributed by atoms with E-state index in [0.717, 1.165) is 24.8 Å². The standard InChI is InChI=1S/C14H18FNOS/c1-9-14(5-2-6-18-9)8-12(16)11-4-3-10(15)7-13(11)17-14/h3-4,7,9,12H,2,5-6,8,16H2,1H3/t9?,12-,14?/m1/s1. The molecule has 98 valence electrons. The molecule has 0 radical (unpaired) electrons. The zero-order chi connectivity index (χ0) is 12.8. The first-order valence-electron chi connectivity index (χ1n) is 6.46. The summed E-state index contributed by atoms with van der Waals surface area (Å²) in [5.74, 6) is 1.56. The number of thioether (sulfide) groups is 1. The van der Waals surface area contributed by atoms with Crippen LogP contribution in [0, 0.1) is 5.82 Å². The average Bonchev–Trinajstić information content (AvgIpc) is 2.32. The van der Waals surface area contributed by atoms with E-state index in [0.29, 0.717) is 11.0 Å². The Kier molecular flexibility index (Phi) is 3.02. The highest BCUT2D eigenvalue weighted by Gasteiger charge is 2.45. The molecule has 0 aromatic heterocycles. The summed E-state index contributed by atoms with van der Waals surface area (Å²) in [6.07, 6.45) is 3.00. The van der Waals surface area contributed by atoms with Crippen molar-refractivity contribution < 1.29 is 9.13 Å². The van der Waals surface area contributed by atoms with Crippen LogP contribution < -0.4 is 10.5 Å². The highest BCUT2D eigenvalue weighted by molar-refractivity contribution is 8.00. The number of nitrogens with two attached hydrogens (primary N) is 1. The van der Waals surface area contributed by atoms with Gasteiger partial charge in [-0.1, -0.05) is 6.07 Å². The minimum Gasteiger partial charge on any atom is -0.486 e. The molecular weight excluding hydrogens is 249 g/mol. The second-order valence-electron chi connectivity index (χ2n) is 5.28. The monoisotopic (exact) mass is 267 g/mol. The maximum atomic E-state index is 13.3. The number of halogens is 1. The van der Waals surface area contributed by atoms with E-state index in [1.807, 2.05) is 11.8 Å². The zero-order valence-electron chi connectivity index (χ0n) is 10.5. The number of fused-ring (bicyclic) bond motifs is 1. The lowest BCUT2D eigenvalue weighted by atomic mass is 9.82. The van der Waals surface area contributed by atoms with Gasteiger partial charge in [0.05, 0.1) is 0 Å². The van der Waals surface area contributed by atoms with Gasteiger partial charge in [0, 0.05) is 29.3 Å². The Hall–Kier alpha value is -0.740. The molecule has 0 aliphatic carbocycles. The van der Waals surface area contributed by atoms with Crippen LogP contribution in [0.2, 0.25) is 0 Å². The van der Waals surface area contributed by atoms with Crippen molar-refractivity contribution >= 4 is 11.8 Å².